The molecule has 1 aromatic carbocycles. The van der Waals surface area contributed by atoms with Gasteiger partial charge in [0, 0.05) is 31.6 Å². The summed E-state index contributed by atoms with van der Waals surface area (Å²) in [5.74, 6) is 0.595. The van der Waals surface area contributed by atoms with Gasteiger partial charge >= 0.3 is 0 Å². The van der Waals surface area contributed by atoms with Crippen LogP contribution in [0.25, 0.3) is 17.0 Å². The van der Waals surface area contributed by atoms with E-state index in [-0.39, 0.29) is 11.5 Å². The average molecular weight is 456 g/mol. The van der Waals surface area contributed by atoms with Crippen molar-refractivity contribution in [3.8, 4) is 0 Å². The highest BCUT2D eigenvalue weighted by atomic mass is 32.2. The molecular formula is C24H29N3O2S2. The number of carbonyl (C=O) groups excluding carboxylic acids is 1. The van der Waals surface area contributed by atoms with Gasteiger partial charge in [0.15, 0.2) is 0 Å². The van der Waals surface area contributed by atoms with Gasteiger partial charge in [0.1, 0.15) is 4.32 Å². The van der Waals surface area contributed by atoms with Gasteiger partial charge in [0.25, 0.3) is 11.5 Å². The molecular weight excluding hydrogens is 426 g/mol. The standard InChI is InChI=1S/C24H29N3O2S2/c1-4-12-27-23(29)20(31-24(27)30)15-18-21(25-13-10-16(3)11-14-25)17-8-6-7-9-19(17)26(5-2)22(18)28/h6-9,15-16H,4-5,10-14H2,1-3H3. The third kappa shape index (κ3) is 4.05. The first-order valence-corrected chi connectivity index (χ1v) is 12.3. The molecule has 3 heterocycles. The first-order chi connectivity index (χ1) is 15.0. The summed E-state index contributed by atoms with van der Waals surface area (Å²) in [5.41, 5.74) is 2.46. The molecule has 1 aromatic heterocycles. The van der Waals surface area contributed by atoms with Gasteiger partial charge in [-0.2, -0.15) is 0 Å². The molecule has 31 heavy (non-hydrogen) atoms. The number of thiocarbonyl (C=S) groups is 1. The van der Waals surface area contributed by atoms with E-state index in [4.69, 9.17) is 12.2 Å². The van der Waals surface area contributed by atoms with E-state index in [9.17, 15) is 9.59 Å². The van der Waals surface area contributed by atoms with Crippen LogP contribution in [0.15, 0.2) is 34.0 Å². The Morgan fingerprint density at radius 3 is 2.55 bits per heavy atom. The van der Waals surface area contributed by atoms with Gasteiger partial charge in [-0.25, -0.2) is 0 Å². The van der Waals surface area contributed by atoms with Crippen LogP contribution in [0.2, 0.25) is 0 Å². The van der Waals surface area contributed by atoms with E-state index >= 15 is 0 Å². The van der Waals surface area contributed by atoms with Gasteiger partial charge in [-0.05, 0) is 44.2 Å². The van der Waals surface area contributed by atoms with Crippen LogP contribution in [-0.4, -0.2) is 39.3 Å². The number of amides is 1. The predicted octanol–water partition coefficient (Wildman–Crippen LogP) is 4.87. The van der Waals surface area contributed by atoms with Crippen LogP contribution in [0, 0.1) is 5.92 Å². The highest BCUT2D eigenvalue weighted by Crippen LogP contribution is 2.37. The Bertz CT molecular complexity index is 1110. The second kappa shape index (κ2) is 9.17. The quantitative estimate of drug-likeness (QED) is 0.475. The van der Waals surface area contributed by atoms with Crippen molar-refractivity contribution >= 4 is 56.9 Å². The van der Waals surface area contributed by atoms with Crippen molar-refractivity contribution in [2.45, 2.75) is 46.6 Å². The minimum atomic E-state index is -0.0920. The number of rotatable bonds is 5. The molecule has 2 aromatic rings. The molecule has 5 nitrogen and oxygen atoms in total. The fourth-order valence-electron chi connectivity index (χ4n) is 4.47. The third-order valence-corrected chi connectivity index (χ3v) is 7.57. The molecule has 0 spiro atoms. The SMILES string of the molecule is CCCN1C(=O)C(=Cc2c(N3CCC(C)CC3)c3ccccc3n(CC)c2=O)SC1=S. The highest BCUT2D eigenvalue weighted by Gasteiger charge is 2.32. The number of thioether (sulfide) groups is 1. The van der Waals surface area contributed by atoms with Crippen molar-refractivity contribution in [3.05, 3.63) is 45.1 Å². The average Bonchev–Trinajstić information content (AvgIpc) is 3.03. The first kappa shape index (κ1) is 22.1. The number of benzene rings is 1. The van der Waals surface area contributed by atoms with Gasteiger partial charge in [-0.3, -0.25) is 14.5 Å². The molecule has 0 bridgehead atoms. The zero-order chi connectivity index (χ0) is 22.1. The molecule has 0 N–H and O–H groups in total. The van der Waals surface area contributed by atoms with Crippen LogP contribution in [-0.2, 0) is 11.3 Å². The van der Waals surface area contributed by atoms with E-state index in [0.29, 0.717) is 33.8 Å². The Morgan fingerprint density at radius 2 is 1.87 bits per heavy atom. The van der Waals surface area contributed by atoms with Gasteiger partial charge in [0.2, 0.25) is 0 Å². The summed E-state index contributed by atoms with van der Waals surface area (Å²) >= 11 is 6.74. The number of hydrogen-bond donors (Lipinski definition) is 0. The van der Waals surface area contributed by atoms with Crippen LogP contribution in [0.4, 0.5) is 5.69 Å². The molecule has 2 fully saturated rings. The van der Waals surface area contributed by atoms with Crippen LogP contribution in [0.3, 0.4) is 0 Å². The normalized spacial score (nSPS) is 19.3. The third-order valence-electron chi connectivity index (χ3n) is 6.19. The van der Waals surface area contributed by atoms with E-state index in [2.05, 4.69) is 17.9 Å². The number of aromatic nitrogens is 1. The van der Waals surface area contributed by atoms with Gasteiger partial charge in [0.05, 0.1) is 21.7 Å². The molecule has 2 aliphatic heterocycles. The number of hydrogen-bond acceptors (Lipinski definition) is 5. The fourth-order valence-corrected chi connectivity index (χ4v) is 5.77. The van der Waals surface area contributed by atoms with Gasteiger partial charge < -0.3 is 9.47 Å². The Balaban J connectivity index is 1.93. The lowest BCUT2D eigenvalue weighted by molar-refractivity contribution is -0.122. The lowest BCUT2D eigenvalue weighted by atomic mass is 9.97. The van der Waals surface area contributed by atoms with Crippen LogP contribution >= 0.6 is 24.0 Å². The molecule has 0 aliphatic carbocycles. The molecule has 0 unspecified atom stereocenters. The predicted molar refractivity (Wildman–Crippen MR) is 135 cm³/mol. The van der Waals surface area contributed by atoms with Gasteiger partial charge in [-0.15, -0.1) is 0 Å². The number of anilines is 1. The van der Waals surface area contributed by atoms with Gasteiger partial charge in [-0.1, -0.05) is 56.0 Å². The van der Waals surface area contributed by atoms with E-state index in [1.54, 1.807) is 11.0 Å². The van der Waals surface area contributed by atoms with Crippen molar-refractivity contribution in [2.75, 3.05) is 24.5 Å². The maximum Gasteiger partial charge on any atom is 0.266 e. The number of pyridine rings is 1. The van der Waals surface area contributed by atoms with Crippen LogP contribution in [0.5, 0.6) is 0 Å². The number of aryl methyl sites for hydroxylation is 1. The number of fused-ring (bicyclic) bond motifs is 1. The molecule has 0 radical (unpaired) electrons. The Morgan fingerprint density at radius 1 is 1.16 bits per heavy atom. The summed E-state index contributed by atoms with van der Waals surface area (Å²) < 4.78 is 2.38. The zero-order valence-electron chi connectivity index (χ0n) is 18.4. The largest absolute Gasteiger partial charge is 0.370 e. The maximum atomic E-state index is 13.6. The minimum absolute atomic E-state index is 0.0458. The lowest BCUT2D eigenvalue weighted by Gasteiger charge is -2.34. The van der Waals surface area contributed by atoms with Crippen molar-refractivity contribution in [3.63, 3.8) is 0 Å². The first-order valence-electron chi connectivity index (χ1n) is 11.1. The fraction of sp³-hybridized carbons (Fsp3) is 0.458. The second-order valence-corrected chi connectivity index (χ2v) is 10.0. The summed E-state index contributed by atoms with van der Waals surface area (Å²) in [4.78, 5) is 31.2. The topological polar surface area (TPSA) is 45.6 Å². The molecule has 2 aliphatic rings. The van der Waals surface area contributed by atoms with Crippen molar-refractivity contribution in [1.29, 1.82) is 0 Å². The summed E-state index contributed by atoms with van der Waals surface area (Å²) in [6, 6.07) is 8.10. The molecule has 0 saturated carbocycles. The molecule has 1 amide bonds. The molecule has 2 saturated heterocycles. The van der Waals surface area contributed by atoms with Crippen molar-refractivity contribution < 1.29 is 4.79 Å². The lowest BCUT2D eigenvalue weighted by Crippen LogP contribution is -2.36. The minimum Gasteiger partial charge on any atom is -0.370 e. The second-order valence-electron chi connectivity index (χ2n) is 8.33. The zero-order valence-corrected chi connectivity index (χ0v) is 20.0. The number of para-hydroxylation sites is 1. The monoisotopic (exact) mass is 455 g/mol. The molecule has 7 heteroatoms. The Kier molecular flexibility index (Phi) is 6.53. The number of piperidine rings is 1. The summed E-state index contributed by atoms with van der Waals surface area (Å²) in [6.07, 6.45) is 4.84. The summed E-state index contributed by atoms with van der Waals surface area (Å²) in [7, 11) is 0. The Labute approximate surface area is 193 Å². The summed E-state index contributed by atoms with van der Waals surface area (Å²) in [5, 5.41) is 1.06. The van der Waals surface area contributed by atoms with Crippen LogP contribution in [0.1, 0.15) is 45.6 Å². The van der Waals surface area contributed by atoms with E-state index in [0.717, 1.165) is 48.9 Å². The maximum absolute atomic E-state index is 13.6. The van der Waals surface area contributed by atoms with E-state index in [1.165, 1.54) is 11.8 Å². The summed E-state index contributed by atoms with van der Waals surface area (Å²) in [6.45, 7) is 9.31. The smallest absolute Gasteiger partial charge is 0.266 e. The van der Waals surface area contributed by atoms with E-state index in [1.807, 2.05) is 36.6 Å². The highest BCUT2D eigenvalue weighted by molar-refractivity contribution is 8.26. The Hall–Kier alpha value is -2.12. The van der Waals surface area contributed by atoms with E-state index < -0.39 is 0 Å². The molecule has 0 atom stereocenters. The van der Waals surface area contributed by atoms with Crippen molar-refractivity contribution in [2.24, 2.45) is 5.92 Å². The van der Waals surface area contributed by atoms with Crippen molar-refractivity contribution in [1.82, 2.24) is 9.47 Å². The molecule has 164 valence electrons. The van der Waals surface area contributed by atoms with Crippen LogP contribution < -0.4 is 10.5 Å². The molecule has 4 rings (SSSR count). The number of nitrogens with zero attached hydrogens (tertiary/aromatic N) is 3. The number of carbonyl (C=O) groups is 1.